The maximum absolute atomic E-state index is 12.8. The third-order valence-electron chi connectivity index (χ3n) is 7.63. The quantitative estimate of drug-likeness (QED) is 0.161. The van der Waals surface area contributed by atoms with Crippen molar-refractivity contribution in [1.29, 1.82) is 0 Å². The summed E-state index contributed by atoms with van der Waals surface area (Å²) in [4.78, 5) is 49.7. The summed E-state index contributed by atoms with van der Waals surface area (Å²) in [5.41, 5.74) is 1.09. The van der Waals surface area contributed by atoms with E-state index in [9.17, 15) is 19.2 Å². The zero-order chi connectivity index (χ0) is 34.5. The van der Waals surface area contributed by atoms with Crippen molar-refractivity contribution >= 4 is 36.4 Å². The summed E-state index contributed by atoms with van der Waals surface area (Å²) in [6.45, 7) is 10.6. The Morgan fingerprint density at radius 3 is 1.23 bits per heavy atom. The van der Waals surface area contributed by atoms with E-state index < -0.39 is 35.5 Å². The number of carbonyl (C=O) groups is 4. The molecule has 0 heterocycles. The molecule has 2 aromatic rings. The largest absolute Gasteiger partial charge is 0.514 e. The van der Waals surface area contributed by atoms with Crippen LogP contribution < -0.4 is 9.47 Å². The molecular formula is C37H42O10. The monoisotopic (exact) mass is 646 g/mol. The first-order valence-corrected chi connectivity index (χ1v) is 15.4. The molecule has 0 amide bonds. The molecule has 2 aromatic carbocycles. The van der Waals surface area contributed by atoms with Crippen molar-refractivity contribution in [3.05, 3.63) is 83.0 Å². The molecule has 0 bridgehead atoms. The number of ether oxygens (including phenoxy) is 6. The van der Waals surface area contributed by atoms with E-state index in [-0.39, 0.29) is 23.7 Å². The van der Waals surface area contributed by atoms with E-state index in [1.807, 2.05) is 48.6 Å². The number of carbonyl (C=O) groups excluding carboxylic acids is 4. The Bertz CT molecular complexity index is 1450. The minimum absolute atomic E-state index is 0.0700. The van der Waals surface area contributed by atoms with Crippen LogP contribution in [0.15, 0.2) is 71.8 Å². The van der Waals surface area contributed by atoms with E-state index in [1.165, 1.54) is 14.2 Å². The molecule has 4 atom stereocenters. The summed E-state index contributed by atoms with van der Waals surface area (Å²) in [6.07, 6.45) is 7.07. The van der Waals surface area contributed by atoms with E-state index in [1.54, 1.807) is 65.8 Å². The van der Waals surface area contributed by atoms with Gasteiger partial charge >= 0.3 is 24.2 Å². The summed E-state index contributed by atoms with van der Waals surface area (Å²) in [7, 11) is 2.59. The van der Waals surface area contributed by atoms with Gasteiger partial charge in [-0.05, 0) is 95.2 Å². The summed E-state index contributed by atoms with van der Waals surface area (Å²) in [5, 5.41) is 0. The first-order chi connectivity index (χ1) is 22.1. The zero-order valence-electron chi connectivity index (χ0n) is 28.0. The van der Waals surface area contributed by atoms with Crippen LogP contribution in [0.25, 0.3) is 12.2 Å². The lowest BCUT2D eigenvalue weighted by molar-refractivity contribution is -0.142. The lowest BCUT2D eigenvalue weighted by Crippen LogP contribution is -2.40. The van der Waals surface area contributed by atoms with Crippen LogP contribution >= 0.6 is 0 Å². The van der Waals surface area contributed by atoms with Crippen molar-refractivity contribution in [3.8, 4) is 11.5 Å². The van der Waals surface area contributed by atoms with Gasteiger partial charge in [0.25, 0.3) is 0 Å². The van der Waals surface area contributed by atoms with Crippen LogP contribution in [-0.2, 0) is 28.5 Å². The fourth-order valence-corrected chi connectivity index (χ4v) is 5.80. The standard InChI is InChI=1S/C37H42O10/c1-36(2,3)46-34(40)44-26-17-11-22(12-18-26)9-15-24-21-25(29-28(24)30(32(38)42-7)31(29)33(39)43-8)16-10-23-13-19-27(20-14-23)45-35(41)47-37(4,5)6/h9-20,24-25,28-29H,21H2,1-8H3/b15-9+,16-10+/t24-,25+,28+,29-. The van der Waals surface area contributed by atoms with E-state index in [0.29, 0.717) is 29.1 Å². The third kappa shape index (κ3) is 9.12. The number of esters is 2. The Kier molecular flexibility index (Phi) is 10.6. The molecule has 0 saturated heterocycles. The predicted molar refractivity (Wildman–Crippen MR) is 174 cm³/mol. The SMILES string of the molecule is COC(=O)C1=C(C(=O)OC)[C@H]2[C@@H]1[C@H](/C=C/c1ccc(OC(=O)OC(C)(C)C)cc1)C[C@@H]2/C=C/c1ccc(OC(=O)OC(C)(C)C)cc1. The van der Waals surface area contributed by atoms with E-state index in [0.717, 1.165) is 11.1 Å². The zero-order valence-corrected chi connectivity index (χ0v) is 28.0. The van der Waals surface area contributed by atoms with Crippen LogP contribution in [0.2, 0.25) is 0 Å². The lowest BCUT2D eigenvalue weighted by Gasteiger charge is -2.38. The van der Waals surface area contributed by atoms with E-state index >= 15 is 0 Å². The Morgan fingerprint density at radius 2 is 0.936 bits per heavy atom. The van der Waals surface area contributed by atoms with Gasteiger partial charge in [-0.15, -0.1) is 0 Å². The van der Waals surface area contributed by atoms with Gasteiger partial charge in [0.2, 0.25) is 0 Å². The van der Waals surface area contributed by atoms with Crippen LogP contribution in [-0.4, -0.2) is 49.7 Å². The van der Waals surface area contributed by atoms with Crippen molar-refractivity contribution in [1.82, 2.24) is 0 Å². The molecule has 0 aliphatic heterocycles. The molecule has 1 fully saturated rings. The van der Waals surface area contributed by atoms with Gasteiger partial charge in [0.1, 0.15) is 22.7 Å². The minimum Gasteiger partial charge on any atom is -0.466 e. The molecule has 0 spiro atoms. The molecule has 4 rings (SSSR count). The second-order valence-electron chi connectivity index (χ2n) is 13.4. The second-order valence-corrected chi connectivity index (χ2v) is 13.4. The molecule has 10 heteroatoms. The van der Waals surface area contributed by atoms with Crippen LogP contribution in [0.4, 0.5) is 9.59 Å². The Balaban J connectivity index is 1.52. The molecule has 2 aliphatic rings. The molecule has 1 saturated carbocycles. The third-order valence-corrected chi connectivity index (χ3v) is 7.63. The fraction of sp³-hybridized carbons (Fsp3) is 0.405. The van der Waals surface area contributed by atoms with Crippen molar-refractivity contribution in [2.24, 2.45) is 23.7 Å². The normalized spacial score (nSPS) is 20.8. The lowest BCUT2D eigenvalue weighted by atomic mass is 9.64. The molecule has 2 aliphatic carbocycles. The average molecular weight is 647 g/mol. The molecule has 0 radical (unpaired) electrons. The summed E-state index contributed by atoms with van der Waals surface area (Å²) in [5.74, 6) is -0.991. The van der Waals surface area contributed by atoms with Crippen LogP contribution in [0.3, 0.4) is 0 Å². The Morgan fingerprint density at radius 1 is 0.596 bits per heavy atom. The molecule has 0 unspecified atom stereocenters. The topological polar surface area (TPSA) is 124 Å². The number of hydrogen-bond acceptors (Lipinski definition) is 10. The van der Waals surface area contributed by atoms with Gasteiger partial charge in [0.05, 0.1) is 25.4 Å². The second kappa shape index (κ2) is 14.3. The van der Waals surface area contributed by atoms with Crippen LogP contribution in [0, 0.1) is 23.7 Å². The number of benzene rings is 2. The van der Waals surface area contributed by atoms with Crippen molar-refractivity contribution in [2.75, 3.05) is 14.2 Å². The Labute approximate surface area is 275 Å². The van der Waals surface area contributed by atoms with Gasteiger partial charge in [-0.25, -0.2) is 19.2 Å². The molecule has 47 heavy (non-hydrogen) atoms. The summed E-state index contributed by atoms with van der Waals surface area (Å²) < 4.78 is 31.0. The van der Waals surface area contributed by atoms with E-state index in [4.69, 9.17) is 28.4 Å². The van der Waals surface area contributed by atoms with Crippen molar-refractivity contribution < 1.29 is 47.6 Å². The number of allylic oxidation sites excluding steroid dienone is 2. The highest BCUT2D eigenvalue weighted by atomic mass is 16.7. The number of methoxy groups -OCH3 is 2. The van der Waals surface area contributed by atoms with E-state index in [2.05, 4.69) is 0 Å². The van der Waals surface area contributed by atoms with Gasteiger partial charge in [0, 0.05) is 11.8 Å². The van der Waals surface area contributed by atoms with Gasteiger partial charge in [-0.3, -0.25) is 0 Å². The number of hydrogen-bond donors (Lipinski definition) is 0. The predicted octanol–water partition coefficient (Wildman–Crippen LogP) is 7.57. The molecule has 10 nitrogen and oxygen atoms in total. The van der Waals surface area contributed by atoms with Crippen LogP contribution in [0.5, 0.6) is 11.5 Å². The summed E-state index contributed by atoms with van der Waals surface area (Å²) >= 11 is 0. The maximum atomic E-state index is 12.8. The molecule has 250 valence electrons. The number of rotatable bonds is 8. The van der Waals surface area contributed by atoms with Crippen molar-refractivity contribution in [2.45, 2.75) is 59.2 Å². The molecule has 0 aromatic heterocycles. The van der Waals surface area contributed by atoms with Gasteiger partial charge in [-0.2, -0.15) is 0 Å². The first-order valence-electron chi connectivity index (χ1n) is 15.4. The fourth-order valence-electron chi connectivity index (χ4n) is 5.80. The van der Waals surface area contributed by atoms with Crippen LogP contribution in [0.1, 0.15) is 59.1 Å². The van der Waals surface area contributed by atoms with Gasteiger partial charge < -0.3 is 28.4 Å². The maximum Gasteiger partial charge on any atom is 0.514 e. The smallest absolute Gasteiger partial charge is 0.466 e. The average Bonchev–Trinajstić information content (AvgIpc) is 3.26. The Hall–Kier alpha value is -4.86. The molecule has 0 N–H and O–H groups in total. The number of fused-ring (bicyclic) bond motifs is 1. The highest BCUT2D eigenvalue weighted by Gasteiger charge is 2.57. The minimum atomic E-state index is -0.782. The van der Waals surface area contributed by atoms with Gasteiger partial charge in [-0.1, -0.05) is 48.6 Å². The highest BCUT2D eigenvalue weighted by molar-refractivity contribution is 6.04. The molecular weight excluding hydrogens is 604 g/mol. The highest BCUT2D eigenvalue weighted by Crippen LogP contribution is 2.58. The summed E-state index contributed by atoms with van der Waals surface area (Å²) in [6, 6.07) is 14.0. The first kappa shape index (κ1) is 35.0. The van der Waals surface area contributed by atoms with Gasteiger partial charge in [0.15, 0.2) is 0 Å². The van der Waals surface area contributed by atoms with Crippen molar-refractivity contribution in [3.63, 3.8) is 0 Å².